The topological polar surface area (TPSA) is 60.4 Å². The van der Waals surface area contributed by atoms with Crippen LogP contribution in [0.2, 0.25) is 0 Å². The fraction of sp³-hybridized carbons (Fsp3) is 0.417. The van der Waals surface area contributed by atoms with Crippen molar-refractivity contribution in [3.8, 4) is 0 Å². The third-order valence-electron chi connectivity index (χ3n) is 5.33. The number of benzene rings is 2. The van der Waals surface area contributed by atoms with E-state index in [-0.39, 0.29) is 13.2 Å². The maximum atomic E-state index is 12.1. The van der Waals surface area contributed by atoms with Gasteiger partial charge in [0.1, 0.15) is 12.3 Å². The zero-order chi connectivity index (χ0) is 22.1. The maximum Gasteiger partial charge on any atom is 0.347 e. The average Bonchev–Trinajstić information content (AvgIpc) is 2.82. The zero-order valence-corrected chi connectivity index (χ0v) is 19.2. The molecule has 0 bridgehead atoms. The van der Waals surface area contributed by atoms with E-state index in [1.54, 1.807) is 11.8 Å². The Labute approximate surface area is 188 Å². The van der Waals surface area contributed by atoms with E-state index in [1.807, 2.05) is 48.7 Å². The number of hydrogen-bond donors (Lipinski definition) is 0. The van der Waals surface area contributed by atoms with Gasteiger partial charge >= 0.3 is 5.97 Å². The molecule has 7 heteroatoms. The van der Waals surface area contributed by atoms with Crippen molar-refractivity contribution in [2.45, 2.75) is 30.9 Å². The fourth-order valence-electron chi connectivity index (χ4n) is 3.47. The second kappa shape index (κ2) is 11.3. The second-order valence-electron chi connectivity index (χ2n) is 7.75. The standard InChI is InChI=1S/C24H30N2O4S/c1-24(2,26-13-15-28-16-14-26)23(20-9-11-21(31-3)12-10-20)25-30-18-22(27)29-17-19-7-5-4-6-8-19/h4-12H,13-18H2,1-3H3. The number of thioether (sulfide) groups is 1. The monoisotopic (exact) mass is 442 g/mol. The highest BCUT2D eigenvalue weighted by atomic mass is 32.2. The lowest BCUT2D eigenvalue weighted by Crippen LogP contribution is -2.54. The van der Waals surface area contributed by atoms with Crippen LogP contribution < -0.4 is 0 Å². The van der Waals surface area contributed by atoms with Crippen molar-refractivity contribution >= 4 is 23.4 Å². The van der Waals surface area contributed by atoms with Gasteiger partial charge in [-0.05, 0) is 37.8 Å². The summed E-state index contributed by atoms with van der Waals surface area (Å²) in [6.07, 6.45) is 2.05. The van der Waals surface area contributed by atoms with Gasteiger partial charge in [0.05, 0.1) is 18.8 Å². The first-order valence-corrected chi connectivity index (χ1v) is 11.6. The quantitative estimate of drug-likeness (QED) is 0.253. The molecule has 2 aromatic rings. The van der Waals surface area contributed by atoms with E-state index in [4.69, 9.17) is 14.3 Å². The summed E-state index contributed by atoms with van der Waals surface area (Å²) in [5.74, 6) is -0.450. The maximum absolute atomic E-state index is 12.1. The minimum Gasteiger partial charge on any atom is -0.458 e. The number of carbonyl (C=O) groups excluding carboxylic acids is 1. The van der Waals surface area contributed by atoms with Crippen molar-refractivity contribution in [1.82, 2.24) is 4.90 Å². The number of nitrogens with zero attached hydrogens (tertiary/aromatic N) is 2. The molecule has 1 fully saturated rings. The van der Waals surface area contributed by atoms with Crippen LogP contribution in [0.25, 0.3) is 0 Å². The zero-order valence-electron chi connectivity index (χ0n) is 18.4. The van der Waals surface area contributed by atoms with Gasteiger partial charge in [-0.25, -0.2) is 4.79 Å². The molecule has 6 nitrogen and oxygen atoms in total. The minimum atomic E-state index is -0.450. The third-order valence-corrected chi connectivity index (χ3v) is 6.07. The first-order chi connectivity index (χ1) is 15.0. The van der Waals surface area contributed by atoms with Crippen molar-refractivity contribution < 1.29 is 19.1 Å². The molecule has 1 aliphatic rings. The molecular formula is C24H30N2O4S. The van der Waals surface area contributed by atoms with E-state index >= 15 is 0 Å². The Morgan fingerprint density at radius 3 is 2.42 bits per heavy atom. The Hall–Kier alpha value is -2.35. The van der Waals surface area contributed by atoms with E-state index in [0.717, 1.165) is 29.9 Å². The minimum absolute atomic E-state index is 0.217. The van der Waals surface area contributed by atoms with Crippen molar-refractivity contribution in [1.29, 1.82) is 0 Å². The van der Waals surface area contributed by atoms with Gasteiger partial charge in [0.15, 0.2) is 0 Å². The van der Waals surface area contributed by atoms with Gasteiger partial charge in [0, 0.05) is 23.5 Å². The van der Waals surface area contributed by atoms with Crippen molar-refractivity contribution in [2.24, 2.45) is 5.16 Å². The van der Waals surface area contributed by atoms with Gasteiger partial charge in [0.25, 0.3) is 0 Å². The number of ether oxygens (including phenoxy) is 2. The Morgan fingerprint density at radius 2 is 1.77 bits per heavy atom. The number of hydrogen-bond acceptors (Lipinski definition) is 7. The van der Waals surface area contributed by atoms with Crippen LogP contribution in [0.1, 0.15) is 25.0 Å². The van der Waals surface area contributed by atoms with Gasteiger partial charge in [-0.2, -0.15) is 0 Å². The lowest BCUT2D eigenvalue weighted by Gasteiger charge is -2.41. The molecule has 1 heterocycles. The predicted molar refractivity (Wildman–Crippen MR) is 123 cm³/mol. The average molecular weight is 443 g/mol. The van der Waals surface area contributed by atoms with Gasteiger partial charge in [-0.3, -0.25) is 4.90 Å². The number of carbonyl (C=O) groups is 1. The lowest BCUT2D eigenvalue weighted by molar-refractivity contribution is -0.150. The van der Waals surface area contributed by atoms with Crippen LogP contribution in [0, 0.1) is 0 Å². The Bertz CT molecular complexity index is 863. The van der Waals surface area contributed by atoms with Crippen LogP contribution in [0.4, 0.5) is 0 Å². The van der Waals surface area contributed by atoms with Crippen molar-refractivity contribution in [3.63, 3.8) is 0 Å². The molecular weight excluding hydrogens is 412 g/mol. The molecule has 0 aromatic heterocycles. The first kappa shape index (κ1) is 23.3. The molecule has 1 aliphatic heterocycles. The smallest absolute Gasteiger partial charge is 0.347 e. The summed E-state index contributed by atoms with van der Waals surface area (Å²) < 4.78 is 10.8. The number of esters is 1. The van der Waals surface area contributed by atoms with Gasteiger partial charge < -0.3 is 14.3 Å². The van der Waals surface area contributed by atoms with Crippen LogP contribution in [-0.4, -0.2) is 61.3 Å². The van der Waals surface area contributed by atoms with E-state index < -0.39 is 11.5 Å². The van der Waals surface area contributed by atoms with Crippen LogP contribution in [0.3, 0.4) is 0 Å². The van der Waals surface area contributed by atoms with E-state index in [1.165, 1.54) is 4.90 Å². The summed E-state index contributed by atoms with van der Waals surface area (Å²) in [6.45, 7) is 7.23. The van der Waals surface area contributed by atoms with Crippen LogP contribution in [-0.2, 0) is 25.7 Å². The number of rotatable bonds is 9. The summed E-state index contributed by atoms with van der Waals surface area (Å²) in [6, 6.07) is 17.8. The van der Waals surface area contributed by atoms with E-state index in [9.17, 15) is 4.79 Å². The summed E-state index contributed by atoms with van der Waals surface area (Å²) in [5, 5.41) is 4.42. The predicted octanol–water partition coefficient (Wildman–Crippen LogP) is 3.98. The molecule has 31 heavy (non-hydrogen) atoms. The van der Waals surface area contributed by atoms with Crippen LogP contribution >= 0.6 is 11.8 Å². The highest BCUT2D eigenvalue weighted by Gasteiger charge is 2.35. The van der Waals surface area contributed by atoms with E-state index in [2.05, 4.69) is 36.0 Å². The lowest BCUT2D eigenvalue weighted by atomic mass is 9.90. The highest BCUT2D eigenvalue weighted by molar-refractivity contribution is 7.98. The number of oxime groups is 1. The van der Waals surface area contributed by atoms with E-state index in [0.29, 0.717) is 13.2 Å². The molecule has 166 valence electrons. The summed E-state index contributed by atoms with van der Waals surface area (Å²) in [7, 11) is 0. The summed E-state index contributed by atoms with van der Waals surface area (Å²) >= 11 is 1.69. The van der Waals surface area contributed by atoms with Gasteiger partial charge in [-0.1, -0.05) is 47.6 Å². The molecule has 0 unspecified atom stereocenters. The van der Waals surface area contributed by atoms with Crippen LogP contribution in [0.5, 0.6) is 0 Å². The highest BCUT2D eigenvalue weighted by Crippen LogP contribution is 2.25. The van der Waals surface area contributed by atoms with Crippen molar-refractivity contribution in [3.05, 3.63) is 65.7 Å². The molecule has 0 spiro atoms. The normalized spacial score (nSPS) is 15.5. The third kappa shape index (κ3) is 6.56. The molecule has 1 saturated heterocycles. The molecule has 0 amide bonds. The molecule has 0 aliphatic carbocycles. The Kier molecular flexibility index (Phi) is 8.51. The van der Waals surface area contributed by atoms with Crippen molar-refractivity contribution in [2.75, 3.05) is 39.2 Å². The first-order valence-electron chi connectivity index (χ1n) is 10.4. The Balaban J connectivity index is 1.70. The largest absolute Gasteiger partial charge is 0.458 e. The molecule has 0 radical (unpaired) electrons. The molecule has 0 saturated carbocycles. The van der Waals surface area contributed by atoms with Crippen LogP contribution in [0.15, 0.2) is 64.6 Å². The fourth-order valence-corrected chi connectivity index (χ4v) is 3.88. The molecule has 3 rings (SSSR count). The molecule has 2 aromatic carbocycles. The summed E-state index contributed by atoms with van der Waals surface area (Å²) in [4.78, 5) is 21.1. The second-order valence-corrected chi connectivity index (χ2v) is 8.63. The molecule has 0 N–H and O–H groups in total. The van der Waals surface area contributed by atoms with Gasteiger partial charge in [-0.15, -0.1) is 11.8 Å². The SMILES string of the molecule is CSc1ccc(C(=NOCC(=O)OCc2ccccc2)C(C)(C)N2CCOCC2)cc1. The van der Waals surface area contributed by atoms with Gasteiger partial charge in [0.2, 0.25) is 6.61 Å². The Morgan fingerprint density at radius 1 is 1.10 bits per heavy atom. The molecule has 0 atom stereocenters. The number of morpholine rings is 1. The summed E-state index contributed by atoms with van der Waals surface area (Å²) in [5.41, 5.74) is 2.28.